The lowest BCUT2D eigenvalue weighted by Gasteiger charge is -2.06. The molecular weight excluding hydrogens is 410 g/mol. The molecule has 4 rings (SSSR count). The number of nitrogens with zero attached hydrogens (tertiary/aromatic N) is 2. The van der Waals surface area contributed by atoms with Crippen LogP contribution in [0.15, 0.2) is 60.2 Å². The minimum atomic E-state index is -0.728. The molecule has 146 valence electrons. The third-order valence-corrected chi connectivity index (χ3v) is 5.40. The van der Waals surface area contributed by atoms with E-state index < -0.39 is 11.7 Å². The number of anilines is 1. The normalized spacial score (nSPS) is 10.8. The first-order valence-corrected chi connectivity index (χ1v) is 9.97. The zero-order chi connectivity index (χ0) is 20.4. The van der Waals surface area contributed by atoms with Gasteiger partial charge in [0.25, 0.3) is 11.7 Å². The first-order valence-electron chi connectivity index (χ1n) is 8.71. The SMILES string of the molecule is COc1ccc2c(c1)c(C(=O)C(=O)Nc1nccs1)cn2Cc1ccc(Cl)cc1. The molecule has 6 nitrogen and oxygen atoms in total. The molecule has 0 spiro atoms. The molecule has 2 aromatic heterocycles. The zero-order valence-electron chi connectivity index (χ0n) is 15.4. The van der Waals surface area contributed by atoms with E-state index in [9.17, 15) is 9.59 Å². The van der Waals surface area contributed by atoms with Crippen LogP contribution in [0, 0.1) is 0 Å². The second kappa shape index (κ2) is 8.06. The number of rotatable bonds is 6. The summed E-state index contributed by atoms with van der Waals surface area (Å²) < 4.78 is 7.23. The number of Topliss-reactive ketones (excluding diaryl/α,β-unsaturated/α-hetero) is 1. The fourth-order valence-corrected chi connectivity index (χ4v) is 3.71. The molecule has 4 aromatic rings. The fraction of sp³-hybridized carbons (Fsp3) is 0.0952. The molecule has 0 aliphatic carbocycles. The molecule has 0 bridgehead atoms. The van der Waals surface area contributed by atoms with Crippen molar-refractivity contribution in [3.05, 3.63) is 76.4 Å². The number of methoxy groups -OCH3 is 1. The topological polar surface area (TPSA) is 73.2 Å². The quantitative estimate of drug-likeness (QED) is 0.361. The highest BCUT2D eigenvalue weighted by Crippen LogP contribution is 2.28. The lowest BCUT2D eigenvalue weighted by Crippen LogP contribution is -2.22. The van der Waals surface area contributed by atoms with Gasteiger partial charge < -0.3 is 9.30 Å². The first-order chi connectivity index (χ1) is 14.0. The molecule has 0 fully saturated rings. The summed E-state index contributed by atoms with van der Waals surface area (Å²) >= 11 is 7.22. The van der Waals surface area contributed by atoms with Gasteiger partial charge in [-0.15, -0.1) is 11.3 Å². The molecule has 0 aliphatic rings. The predicted octanol–water partition coefficient (Wildman–Crippen LogP) is 4.63. The lowest BCUT2D eigenvalue weighted by molar-refractivity contribution is -0.112. The Kier molecular flexibility index (Phi) is 5.33. The molecule has 0 unspecified atom stereocenters. The molecule has 0 atom stereocenters. The van der Waals surface area contributed by atoms with Crippen molar-refractivity contribution < 1.29 is 14.3 Å². The molecule has 1 N–H and O–H groups in total. The van der Waals surface area contributed by atoms with Crippen LogP contribution in [0.5, 0.6) is 5.75 Å². The average Bonchev–Trinajstić information content (AvgIpc) is 3.36. The van der Waals surface area contributed by atoms with Crippen LogP contribution in [0.1, 0.15) is 15.9 Å². The minimum Gasteiger partial charge on any atom is -0.497 e. The Balaban J connectivity index is 1.73. The number of carbonyl (C=O) groups excluding carboxylic acids is 2. The van der Waals surface area contributed by atoms with Crippen LogP contribution in [-0.2, 0) is 11.3 Å². The highest BCUT2D eigenvalue weighted by molar-refractivity contribution is 7.13. The molecule has 2 aromatic carbocycles. The summed E-state index contributed by atoms with van der Waals surface area (Å²) in [4.78, 5) is 29.3. The Labute approximate surface area is 175 Å². The van der Waals surface area contributed by atoms with Crippen molar-refractivity contribution in [2.45, 2.75) is 6.54 Å². The van der Waals surface area contributed by atoms with Gasteiger partial charge in [-0.2, -0.15) is 0 Å². The van der Waals surface area contributed by atoms with Crippen molar-refractivity contribution in [2.75, 3.05) is 12.4 Å². The van der Waals surface area contributed by atoms with Crippen LogP contribution < -0.4 is 10.1 Å². The van der Waals surface area contributed by atoms with Crippen molar-refractivity contribution in [3.8, 4) is 5.75 Å². The van der Waals surface area contributed by atoms with Gasteiger partial charge in [-0.3, -0.25) is 14.9 Å². The van der Waals surface area contributed by atoms with Crippen molar-refractivity contribution in [1.29, 1.82) is 0 Å². The van der Waals surface area contributed by atoms with Gasteiger partial charge in [0.1, 0.15) is 5.75 Å². The predicted molar refractivity (Wildman–Crippen MR) is 114 cm³/mol. The molecule has 8 heteroatoms. The number of aromatic nitrogens is 2. The first kappa shape index (κ1) is 19.2. The summed E-state index contributed by atoms with van der Waals surface area (Å²) in [6.07, 6.45) is 3.26. The largest absolute Gasteiger partial charge is 0.497 e. The Bertz CT molecular complexity index is 1180. The average molecular weight is 426 g/mol. The molecule has 0 saturated carbocycles. The Hall–Kier alpha value is -3.16. The van der Waals surface area contributed by atoms with E-state index in [2.05, 4.69) is 10.3 Å². The van der Waals surface area contributed by atoms with Crippen LogP contribution in [0.2, 0.25) is 5.02 Å². The van der Waals surface area contributed by atoms with E-state index in [1.165, 1.54) is 11.3 Å². The van der Waals surface area contributed by atoms with Crippen LogP contribution in [0.3, 0.4) is 0 Å². The van der Waals surface area contributed by atoms with Crippen LogP contribution >= 0.6 is 22.9 Å². The number of halogens is 1. The maximum atomic E-state index is 12.9. The molecule has 0 saturated heterocycles. The molecular formula is C21H16ClN3O3S. The van der Waals surface area contributed by atoms with Gasteiger partial charge in [0.05, 0.1) is 12.7 Å². The van der Waals surface area contributed by atoms with Gasteiger partial charge >= 0.3 is 0 Å². The molecule has 0 radical (unpaired) electrons. The number of benzene rings is 2. The molecule has 2 heterocycles. The van der Waals surface area contributed by atoms with Gasteiger partial charge in [0.2, 0.25) is 0 Å². The van der Waals surface area contributed by atoms with Crippen LogP contribution in [-0.4, -0.2) is 28.4 Å². The highest BCUT2D eigenvalue weighted by Gasteiger charge is 2.23. The second-order valence-electron chi connectivity index (χ2n) is 6.30. The van der Waals surface area contributed by atoms with E-state index in [-0.39, 0.29) is 0 Å². The van der Waals surface area contributed by atoms with E-state index in [1.807, 2.05) is 41.0 Å². The summed E-state index contributed by atoms with van der Waals surface area (Å²) in [6.45, 7) is 0.529. The number of amides is 1. The number of thiazole rings is 1. The Morgan fingerprint density at radius 1 is 1.21 bits per heavy atom. The number of nitrogens with one attached hydrogen (secondary N) is 1. The van der Waals surface area contributed by atoms with Gasteiger partial charge in [-0.05, 0) is 35.9 Å². The van der Waals surface area contributed by atoms with E-state index in [0.717, 1.165) is 11.1 Å². The maximum Gasteiger partial charge on any atom is 0.298 e. The van der Waals surface area contributed by atoms with Gasteiger partial charge in [-0.25, -0.2) is 4.98 Å². The van der Waals surface area contributed by atoms with Gasteiger partial charge in [0.15, 0.2) is 5.13 Å². The number of ether oxygens (including phenoxy) is 1. The summed E-state index contributed by atoms with van der Waals surface area (Å²) in [5.41, 5.74) is 2.15. The molecule has 29 heavy (non-hydrogen) atoms. The van der Waals surface area contributed by atoms with Crippen molar-refractivity contribution >= 4 is 50.7 Å². The van der Waals surface area contributed by atoms with Crippen molar-refractivity contribution in [2.24, 2.45) is 0 Å². The highest BCUT2D eigenvalue weighted by atomic mass is 35.5. The minimum absolute atomic E-state index is 0.307. The lowest BCUT2D eigenvalue weighted by atomic mass is 10.1. The third kappa shape index (κ3) is 4.01. The number of ketones is 1. The zero-order valence-corrected chi connectivity index (χ0v) is 17.0. The molecule has 1 amide bonds. The van der Waals surface area contributed by atoms with E-state index in [1.54, 1.807) is 30.9 Å². The van der Waals surface area contributed by atoms with E-state index >= 15 is 0 Å². The summed E-state index contributed by atoms with van der Waals surface area (Å²) in [5.74, 6) is -0.752. The number of hydrogen-bond donors (Lipinski definition) is 1. The van der Waals surface area contributed by atoms with Crippen LogP contribution in [0.25, 0.3) is 10.9 Å². The number of carbonyl (C=O) groups is 2. The third-order valence-electron chi connectivity index (χ3n) is 4.46. The molecule has 0 aliphatic heterocycles. The summed E-state index contributed by atoms with van der Waals surface area (Å²) in [6, 6.07) is 12.9. The Morgan fingerprint density at radius 2 is 2.00 bits per heavy atom. The monoisotopic (exact) mass is 425 g/mol. The maximum absolute atomic E-state index is 12.9. The standard InChI is InChI=1S/C21H16ClN3O3S/c1-28-15-6-7-18-16(10-15)17(19(26)20(27)24-21-23-8-9-29-21)12-25(18)11-13-2-4-14(22)5-3-13/h2-10,12H,11H2,1H3,(H,23,24,27). The fourth-order valence-electron chi connectivity index (χ4n) is 3.06. The van der Waals surface area contributed by atoms with Crippen LogP contribution in [0.4, 0.5) is 5.13 Å². The Morgan fingerprint density at radius 3 is 2.69 bits per heavy atom. The summed E-state index contributed by atoms with van der Waals surface area (Å²) in [7, 11) is 1.56. The van der Waals surface area contributed by atoms with Crippen molar-refractivity contribution in [1.82, 2.24) is 9.55 Å². The smallest absolute Gasteiger partial charge is 0.298 e. The van der Waals surface area contributed by atoms with E-state index in [4.69, 9.17) is 16.3 Å². The van der Waals surface area contributed by atoms with E-state index in [0.29, 0.717) is 33.4 Å². The van der Waals surface area contributed by atoms with Crippen molar-refractivity contribution in [3.63, 3.8) is 0 Å². The second-order valence-corrected chi connectivity index (χ2v) is 7.63. The van der Waals surface area contributed by atoms with Gasteiger partial charge in [-0.1, -0.05) is 23.7 Å². The number of hydrogen-bond acceptors (Lipinski definition) is 5. The number of fused-ring (bicyclic) bond motifs is 1. The van der Waals surface area contributed by atoms with Gasteiger partial charge in [0, 0.05) is 40.2 Å². The summed E-state index contributed by atoms with van der Waals surface area (Å²) in [5, 5.41) is 5.96.